The van der Waals surface area contributed by atoms with Crippen molar-refractivity contribution >= 4 is 16.7 Å². The maximum Gasteiger partial charge on any atom is 0.150 e. The lowest BCUT2D eigenvalue weighted by molar-refractivity contribution is 0.367. The SMILES string of the molecule is C=CC(c1ccccc1NS(=O)c1ccc(C)cc1)C(C)(C)C. The number of anilines is 1. The molecule has 0 saturated heterocycles. The summed E-state index contributed by atoms with van der Waals surface area (Å²) in [7, 11) is -1.28. The first-order chi connectivity index (χ1) is 10.8. The fraction of sp³-hybridized carbons (Fsp3) is 0.300. The van der Waals surface area contributed by atoms with E-state index in [1.54, 1.807) is 0 Å². The van der Waals surface area contributed by atoms with Crippen LogP contribution in [0.3, 0.4) is 0 Å². The van der Waals surface area contributed by atoms with Crippen LogP contribution >= 0.6 is 0 Å². The molecule has 0 heterocycles. The largest absolute Gasteiger partial charge is 0.301 e. The maximum absolute atomic E-state index is 12.6. The van der Waals surface area contributed by atoms with E-state index in [1.807, 2.05) is 55.5 Å². The smallest absolute Gasteiger partial charge is 0.150 e. The third-order valence-corrected chi connectivity index (χ3v) is 5.01. The molecule has 3 heteroatoms. The van der Waals surface area contributed by atoms with Gasteiger partial charge in [-0.3, -0.25) is 0 Å². The Labute approximate surface area is 142 Å². The number of hydrogen-bond donors (Lipinski definition) is 1. The van der Waals surface area contributed by atoms with Crippen molar-refractivity contribution in [1.29, 1.82) is 0 Å². The molecule has 1 N–H and O–H groups in total. The molecular formula is C20H25NOS. The summed E-state index contributed by atoms with van der Waals surface area (Å²) in [6.45, 7) is 12.6. The van der Waals surface area contributed by atoms with Crippen molar-refractivity contribution in [2.24, 2.45) is 5.41 Å². The Morgan fingerprint density at radius 2 is 1.70 bits per heavy atom. The fourth-order valence-corrected chi connectivity index (χ4v) is 3.52. The number of nitrogens with one attached hydrogen (secondary N) is 1. The lowest BCUT2D eigenvalue weighted by Gasteiger charge is -2.30. The highest BCUT2D eigenvalue weighted by atomic mass is 32.2. The minimum absolute atomic E-state index is 0.0465. The monoisotopic (exact) mass is 327 g/mol. The van der Waals surface area contributed by atoms with Gasteiger partial charge in [0.2, 0.25) is 0 Å². The lowest BCUT2D eigenvalue weighted by atomic mass is 9.76. The average Bonchev–Trinajstić information content (AvgIpc) is 2.49. The van der Waals surface area contributed by atoms with Gasteiger partial charge in [0, 0.05) is 5.92 Å². The van der Waals surface area contributed by atoms with Gasteiger partial charge in [0.05, 0.1) is 10.6 Å². The predicted octanol–water partition coefficient (Wildman–Crippen LogP) is 5.45. The molecule has 0 aliphatic heterocycles. The van der Waals surface area contributed by atoms with E-state index in [-0.39, 0.29) is 11.3 Å². The van der Waals surface area contributed by atoms with E-state index in [9.17, 15) is 4.21 Å². The molecule has 122 valence electrons. The third-order valence-electron chi connectivity index (χ3n) is 3.90. The van der Waals surface area contributed by atoms with Crippen LogP contribution in [0.15, 0.2) is 66.1 Å². The van der Waals surface area contributed by atoms with Crippen LogP contribution in [0.2, 0.25) is 0 Å². The molecule has 0 aliphatic carbocycles. The highest BCUT2D eigenvalue weighted by molar-refractivity contribution is 7.86. The summed E-state index contributed by atoms with van der Waals surface area (Å²) in [5.74, 6) is 0.182. The van der Waals surface area contributed by atoms with Crippen LogP contribution in [0.25, 0.3) is 0 Å². The first-order valence-electron chi connectivity index (χ1n) is 7.79. The normalized spacial score (nSPS) is 14.1. The van der Waals surface area contributed by atoms with Gasteiger partial charge in [-0.25, -0.2) is 4.21 Å². The highest BCUT2D eigenvalue weighted by Gasteiger charge is 2.25. The summed E-state index contributed by atoms with van der Waals surface area (Å²) < 4.78 is 15.8. The van der Waals surface area contributed by atoms with E-state index >= 15 is 0 Å². The molecule has 0 bridgehead atoms. The van der Waals surface area contributed by atoms with Gasteiger partial charge in [-0.15, -0.1) is 6.58 Å². The fourth-order valence-electron chi connectivity index (χ4n) is 2.63. The van der Waals surface area contributed by atoms with Crippen molar-refractivity contribution in [2.45, 2.75) is 38.5 Å². The Balaban J connectivity index is 2.32. The van der Waals surface area contributed by atoms with Crippen LogP contribution in [0, 0.1) is 12.3 Å². The first-order valence-corrected chi connectivity index (χ1v) is 8.94. The lowest BCUT2D eigenvalue weighted by Crippen LogP contribution is -2.18. The number of rotatable bonds is 5. The molecule has 2 rings (SSSR count). The zero-order valence-electron chi connectivity index (χ0n) is 14.3. The second-order valence-corrected chi connectivity index (χ2v) is 8.06. The second-order valence-electron chi connectivity index (χ2n) is 6.85. The summed E-state index contributed by atoms with van der Waals surface area (Å²) in [4.78, 5) is 0.774. The molecule has 2 atom stereocenters. The van der Waals surface area contributed by atoms with Gasteiger partial charge in [0.25, 0.3) is 0 Å². The van der Waals surface area contributed by atoms with Gasteiger partial charge >= 0.3 is 0 Å². The molecular weight excluding hydrogens is 302 g/mol. The molecule has 2 nitrogen and oxygen atoms in total. The van der Waals surface area contributed by atoms with E-state index in [0.717, 1.165) is 21.7 Å². The van der Waals surface area contributed by atoms with Crippen LogP contribution in [0.5, 0.6) is 0 Å². The second kappa shape index (κ2) is 7.14. The average molecular weight is 327 g/mol. The predicted molar refractivity (Wildman–Crippen MR) is 100 cm³/mol. The number of allylic oxidation sites excluding steroid dienone is 1. The molecule has 0 saturated carbocycles. The molecule has 0 aromatic heterocycles. The highest BCUT2D eigenvalue weighted by Crippen LogP contribution is 2.39. The Hall–Kier alpha value is -1.87. The molecule has 2 aromatic rings. The van der Waals surface area contributed by atoms with Crippen LogP contribution in [0.4, 0.5) is 5.69 Å². The van der Waals surface area contributed by atoms with Crippen LogP contribution in [0.1, 0.15) is 37.8 Å². The molecule has 0 aliphatic rings. The van der Waals surface area contributed by atoms with E-state index in [0.29, 0.717) is 0 Å². The van der Waals surface area contributed by atoms with E-state index in [2.05, 4.69) is 38.1 Å². The summed E-state index contributed by atoms with van der Waals surface area (Å²) >= 11 is 0. The quantitative estimate of drug-likeness (QED) is 0.727. The van der Waals surface area contributed by atoms with Crippen LogP contribution in [-0.2, 0) is 11.0 Å². The van der Waals surface area contributed by atoms with Gasteiger partial charge in [-0.2, -0.15) is 0 Å². The van der Waals surface area contributed by atoms with Gasteiger partial charge in [0.15, 0.2) is 0 Å². The van der Waals surface area contributed by atoms with Gasteiger partial charge in [-0.1, -0.05) is 62.7 Å². The van der Waals surface area contributed by atoms with E-state index < -0.39 is 11.0 Å². The molecule has 2 aromatic carbocycles. The summed E-state index contributed by atoms with van der Waals surface area (Å²) in [5.41, 5.74) is 3.22. The molecule has 2 unspecified atom stereocenters. The van der Waals surface area contributed by atoms with Crippen molar-refractivity contribution < 1.29 is 4.21 Å². The van der Waals surface area contributed by atoms with Crippen LogP contribution < -0.4 is 4.72 Å². The number of aryl methyl sites for hydroxylation is 1. The molecule has 0 fully saturated rings. The van der Waals surface area contributed by atoms with Gasteiger partial charge in [0.1, 0.15) is 11.0 Å². The zero-order valence-corrected chi connectivity index (χ0v) is 15.1. The Bertz CT molecular complexity index is 698. The summed E-state index contributed by atoms with van der Waals surface area (Å²) in [6, 6.07) is 15.8. The Morgan fingerprint density at radius 3 is 2.26 bits per heavy atom. The number of hydrogen-bond acceptors (Lipinski definition) is 1. The third kappa shape index (κ3) is 4.32. The van der Waals surface area contributed by atoms with Crippen molar-refractivity contribution in [3.05, 3.63) is 72.3 Å². The molecule has 23 heavy (non-hydrogen) atoms. The van der Waals surface area contributed by atoms with Crippen molar-refractivity contribution in [3.63, 3.8) is 0 Å². The Kier molecular flexibility index (Phi) is 5.42. The summed E-state index contributed by atoms with van der Waals surface area (Å²) in [6.07, 6.45) is 1.97. The van der Waals surface area contributed by atoms with E-state index in [1.165, 1.54) is 0 Å². The number of benzene rings is 2. The summed E-state index contributed by atoms with van der Waals surface area (Å²) in [5, 5.41) is 0. The van der Waals surface area contributed by atoms with Crippen molar-refractivity contribution in [2.75, 3.05) is 4.72 Å². The van der Waals surface area contributed by atoms with Gasteiger partial charge in [-0.05, 0) is 36.1 Å². The molecule has 0 amide bonds. The number of para-hydroxylation sites is 1. The van der Waals surface area contributed by atoms with Gasteiger partial charge < -0.3 is 4.72 Å². The minimum Gasteiger partial charge on any atom is -0.301 e. The van der Waals surface area contributed by atoms with E-state index in [4.69, 9.17) is 0 Å². The standard InChI is InChI=1S/C20H25NOS/c1-6-18(20(3,4)5)17-9-7-8-10-19(17)21-23(22)16-13-11-15(2)12-14-16/h6-14,18,21H,1H2,2-5H3. The molecule has 0 spiro atoms. The van der Waals surface area contributed by atoms with Crippen LogP contribution in [-0.4, -0.2) is 4.21 Å². The topological polar surface area (TPSA) is 29.1 Å². The maximum atomic E-state index is 12.6. The molecule has 0 radical (unpaired) electrons. The van der Waals surface area contributed by atoms with Crippen molar-refractivity contribution in [1.82, 2.24) is 0 Å². The first kappa shape index (κ1) is 17.5. The minimum atomic E-state index is -1.28. The Morgan fingerprint density at radius 1 is 1.09 bits per heavy atom. The zero-order chi connectivity index (χ0) is 17.0. The van der Waals surface area contributed by atoms with Crippen molar-refractivity contribution in [3.8, 4) is 0 Å².